The van der Waals surface area contributed by atoms with Crippen LogP contribution in [0.15, 0.2) is 0 Å². The van der Waals surface area contributed by atoms with Gasteiger partial charge in [-0.2, -0.15) is 0 Å². The zero-order chi connectivity index (χ0) is 27.1. The molecule has 0 radical (unpaired) electrons. The van der Waals surface area contributed by atoms with Crippen LogP contribution in [-0.4, -0.2) is 90.7 Å². The number of carbonyl (C=O) groups excluding carboxylic acids is 3. The first kappa shape index (κ1) is 27.8. The summed E-state index contributed by atoms with van der Waals surface area (Å²) in [4.78, 5) is 43.9. The van der Waals surface area contributed by atoms with Crippen LogP contribution in [0.1, 0.15) is 78.6 Å². The Labute approximate surface area is 227 Å². The minimum absolute atomic E-state index is 0.0380. The van der Waals surface area contributed by atoms with Crippen molar-refractivity contribution in [1.82, 2.24) is 15.1 Å². The summed E-state index contributed by atoms with van der Waals surface area (Å²) in [6.07, 6.45) is 8.91. The molecule has 1 unspecified atom stereocenters. The maximum absolute atomic E-state index is 13.7. The largest absolute Gasteiger partial charge is 0.376 e. The van der Waals surface area contributed by atoms with Crippen LogP contribution in [0.25, 0.3) is 0 Å². The number of nitrogens with two attached hydrogens (primary N) is 1. The first-order chi connectivity index (χ1) is 18.1. The predicted molar refractivity (Wildman–Crippen MR) is 143 cm³/mol. The molecule has 0 bridgehead atoms. The summed E-state index contributed by atoms with van der Waals surface area (Å²) in [6, 6.07) is -0.803. The molecule has 3 amide bonds. The van der Waals surface area contributed by atoms with Gasteiger partial charge in [0.25, 0.3) is 0 Å². The van der Waals surface area contributed by atoms with Gasteiger partial charge >= 0.3 is 0 Å². The van der Waals surface area contributed by atoms with Gasteiger partial charge in [0.15, 0.2) is 0 Å². The molecular weight excluding hydrogens is 484 g/mol. The summed E-state index contributed by atoms with van der Waals surface area (Å²) in [5.74, 6) is 0.0990. The number of hydrogen-bond donors (Lipinski definition) is 2. The summed E-state index contributed by atoms with van der Waals surface area (Å²) in [5, 5.41) is 3.09. The van der Waals surface area contributed by atoms with Gasteiger partial charge in [-0.25, -0.2) is 0 Å². The van der Waals surface area contributed by atoms with Crippen molar-refractivity contribution in [3.8, 4) is 0 Å². The standard InChI is InChI=1S/C29H48N4O5/c1-19(37-16-20-8-5-4-6-9-20)24(27(36)32-12-7-10-21(30)15-32)31-25(34)22-11-13-38-29(22)17-33(18-29)26(35)23-14-28(23,2)3/h19-24H,4-18,30H2,1-3H3,(H,31,34)/t19-,21+,22?,23-,24+/m1/s1. The normalized spacial score (nSPS) is 31.9. The first-order valence-electron chi connectivity index (χ1n) is 15.0. The maximum atomic E-state index is 13.7. The molecule has 5 fully saturated rings. The molecule has 3 heterocycles. The molecule has 5 aliphatic rings. The molecule has 1 spiro atoms. The highest BCUT2D eigenvalue weighted by Crippen LogP contribution is 2.54. The van der Waals surface area contributed by atoms with Gasteiger partial charge in [0.1, 0.15) is 11.6 Å². The van der Waals surface area contributed by atoms with E-state index in [-0.39, 0.29) is 41.0 Å². The molecule has 3 saturated heterocycles. The number of hydrogen-bond acceptors (Lipinski definition) is 6. The third kappa shape index (κ3) is 5.75. The second-order valence-electron chi connectivity index (χ2n) is 13.4. The van der Waals surface area contributed by atoms with Gasteiger partial charge in [0.2, 0.25) is 17.7 Å². The van der Waals surface area contributed by atoms with E-state index in [0.29, 0.717) is 51.7 Å². The minimum Gasteiger partial charge on any atom is -0.376 e. The van der Waals surface area contributed by atoms with Crippen molar-refractivity contribution in [1.29, 1.82) is 0 Å². The van der Waals surface area contributed by atoms with Crippen molar-refractivity contribution >= 4 is 17.7 Å². The van der Waals surface area contributed by atoms with Crippen molar-refractivity contribution in [3.63, 3.8) is 0 Å². The quantitative estimate of drug-likeness (QED) is 0.495. The lowest BCUT2D eigenvalue weighted by Crippen LogP contribution is -2.69. The van der Waals surface area contributed by atoms with Crippen LogP contribution in [0, 0.1) is 23.2 Å². The van der Waals surface area contributed by atoms with Crippen LogP contribution < -0.4 is 11.1 Å². The molecule has 0 aromatic rings. The highest BCUT2D eigenvalue weighted by Gasteiger charge is 2.61. The minimum atomic E-state index is -0.765. The molecule has 214 valence electrons. The van der Waals surface area contributed by atoms with Crippen LogP contribution in [0.3, 0.4) is 0 Å². The molecule has 9 heteroatoms. The summed E-state index contributed by atoms with van der Waals surface area (Å²) in [7, 11) is 0. The van der Waals surface area contributed by atoms with Crippen molar-refractivity contribution in [2.75, 3.05) is 39.4 Å². The van der Waals surface area contributed by atoms with Gasteiger partial charge in [-0.15, -0.1) is 0 Å². The van der Waals surface area contributed by atoms with Crippen molar-refractivity contribution < 1.29 is 23.9 Å². The first-order valence-corrected chi connectivity index (χ1v) is 15.0. The number of amides is 3. The molecule has 2 saturated carbocycles. The average molecular weight is 533 g/mol. The van der Waals surface area contributed by atoms with Gasteiger partial charge in [-0.3, -0.25) is 14.4 Å². The fraction of sp³-hybridized carbons (Fsp3) is 0.897. The van der Waals surface area contributed by atoms with Gasteiger partial charge in [-0.05, 0) is 56.8 Å². The molecule has 38 heavy (non-hydrogen) atoms. The Morgan fingerprint density at radius 1 is 1.03 bits per heavy atom. The highest BCUT2D eigenvalue weighted by molar-refractivity contribution is 5.90. The fourth-order valence-electron chi connectivity index (χ4n) is 7.07. The van der Waals surface area contributed by atoms with Crippen molar-refractivity contribution in [2.45, 2.75) is 102 Å². The topological polar surface area (TPSA) is 114 Å². The van der Waals surface area contributed by atoms with Crippen LogP contribution in [0.4, 0.5) is 0 Å². The summed E-state index contributed by atoms with van der Waals surface area (Å²) in [6.45, 7) is 9.30. The predicted octanol–water partition coefficient (Wildman–Crippen LogP) is 2.07. The zero-order valence-corrected chi connectivity index (χ0v) is 23.6. The van der Waals surface area contributed by atoms with Crippen molar-refractivity contribution in [2.24, 2.45) is 28.9 Å². The number of carbonyl (C=O) groups is 3. The molecule has 3 N–H and O–H groups in total. The van der Waals surface area contributed by atoms with Crippen molar-refractivity contribution in [3.05, 3.63) is 0 Å². The molecule has 5 atom stereocenters. The highest BCUT2D eigenvalue weighted by atomic mass is 16.5. The monoisotopic (exact) mass is 532 g/mol. The Bertz CT molecular complexity index is 897. The molecular formula is C29H48N4O5. The Morgan fingerprint density at radius 3 is 2.39 bits per heavy atom. The van der Waals surface area contributed by atoms with E-state index in [1.54, 1.807) is 4.90 Å². The van der Waals surface area contributed by atoms with E-state index in [4.69, 9.17) is 15.2 Å². The number of rotatable bonds is 8. The molecule has 0 aromatic carbocycles. The van der Waals surface area contributed by atoms with E-state index in [9.17, 15) is 14.4 Å². The lowest BCUT2D eigenvalue weighted by Gasteiger charge is -2.50. The average Bonchev–Trinajstić information content (AvgIpc) is 3.30. The second-order valence-corrected chi connectivity index (χ2v) is 13.4. The van der Waals surface area contributed by atoms with E-state index in [1.807, 2.05) is 11.8 Å². The Kier molecular flexibility index (Phi) is 8.09. The van der Waals surface area contributed by atoms with Gasteiger partial charge in [0, 0.05) is 38.3 Å². The van der Waals surface area contributed by atoms with E-state index in [2.05, 4.69) is 19.2 Å². The smallest absolute Gasteiger partial charge is 0.247 e. The third-order valence-electron chi connectivity index (χ3n) is 9.91. The number of likely N-dealkylation sites (tertiary alicyclic amines) is 2. The Hall–Kier alpha value is -1.71. The van der Waals surface area contributed by atoms with E-state index >= 15 is 0 Å². The third-order valence-corrected chi connectivity index (χ3v) is 9.91. The molecule has 9 nitrogen and oxygen atoms in total. The van der Waals surface area contributed by atoms with Gasteiger partial charge in [-0.1, -0.05) is 33.1 Å². The summed E-state index contributed by atoms with van der Waals surface area (Å²) < 4.78 is 12.4. The lowest BCUT2D eigenvalue weighted by atomic mass is 9.79. The summed E-state index contributed by atoms with van der Waals surface area (Å²) >= 11 is 0. The number of ether oxygens (including phenoxy) is 2. The maximum Gasteiger partial charge on any atom is 0.247 e. The van der Waals surface area contributed by atoms with E-state index in [0.717, 1.165) is 32.1 Å². The lowest BCUT2D eigenvalue weighted by molar-refractivity contribution is -0.171. The number of nitrogens with one attached hydrogen (secondary N) is 1. The van der Waals surface area contributed by atoms with Crippen LogP contribution in [0.2, 0.25) is 0 Å². The Balaban J connectivity index is 1.23. The number of piperidine rings is 1. The Morgan fingerprint density at radius 2 is 1.74 bits per heavy atom. The molecule has 3 aliphatic heterocycles. The number of nitrogens with zero attached hydrogens (tertiary/aromatic N) is 2. The van der Waals surface area contributed by atoms with Gasteiger partial charge < -0.3 is 30.3 Å². The van der Waals surface area contributed by atoms with Crippen LogP contribution in [0.5, 0.6) is 0 Å². The molecule has 2 aliphatic carbocycles. The zero-order valence-electron chi connectivity index (χ0n) is 23.6. The molecule has 0 aromatic heterocycles. The molecule has 5 rings (SSSR count). The van der Waals surface area contributed by atoms with Gasteiger partial charge in [0.05, 0.1) is 25.1 Å². The fourth-order valence-corrected chi connectivity index (χ4v) is 7.07. The SMILES string of the molecule is C[C@@H](OCC1CCCCC1)[C@H](NC(=O)C1CCOC12CN(C(=O)[C@H]1CC1(C)C)C2)C(=O)N1CCC[C@H](N)C1. The van der Waals surface area contributed by atoms with Crippen LogP contribution >= 0.6 is 0 Å². The van der Waals surface area contributed by atoms with E-state index < -0.39 is 17.7 Å². The second kappa shape index (κ2) is 11.0. The van der Waals surface area contributed by atoms with Crippen LogP contribution in [-0.2, 0) is 23.9 Å². The van der Waals surface area contributed by atoms with E-state index in [1.165, 1.54) is 19.3 Å². The summed E-state index contributed by atoms with van der Waals surface area (Å²) in [5.41, 5.74) is 5.60.